The van der Waals surface area contributed by atoms with Crippen LogP contribution in [-0.4, -0.2) is 17.5 Å². The molecule has 2 N–H and O–H groups in total. The van der Waals surface area contributed by atoms with Crippen molar-refractivity contribution >= 4 is 17.3 Å². The number of hydrogen-bond donors (Lipinski definition) is 2. The zero-order valence-corrected chi connectivity index (χ0v) is 14.9. The van der Waals surface area contributed by atoms with Crippen LogP contribution < -0.4 is 10.6 Å². The Morgan fingerprint density at radius 3 is 2.71 bits per heavy atom. The van der Waals surface area contributed by atoms with E-state index in [1.807, 2.05) is 19.2 Å². The first kappa shape index (κ1) is 18.3. The molecule has 130 valence electrons. The molecule has 0 radical (unpaired) electrons. The fourth-order valence-corrected chi connectivity index (χ4v) is 2.87. The van der Waals surface area contributed by atoms with Gasteiger partial charge in [-0.2, -0.15) is 0 Å². The van der Waals surface area contributed by atoms with Gasteiger partial charge in [0.05, 0.1) is 23.3 Å². The second-order valence-electron chi connectivity index (χ2n) is 5.32. The first-order valence-corrected chi connectivity index (χ1v) is 8.84. The summed E-state index contributed by atoms with van der Waals surface area (Å²) in [5.74, 6) is -1.08. The number of thiazole rings is 1. The van der Waals surface area contributed by atoms with Crippen LogP contribution in [0.3, 0.4) is 0 Å². The molecule has 1 atom stereocenters. The topological polar surface area (TPSA) is 49.3 Å². The lowest BCUT2D eigenvalue weighted by atomic mass is 10.1. The molecule has 2 aromatic rings. The number of nitrogens with zero attached hydrogens (tertiary/aromatic N) is 2. The van der Waals surface area contributed by atoms with Crippen molar-refractivity contribution in [2.24, 2.45) is 4.99 Å². The number of aliphatic imine (C=N–C) groups is 1. The molecule has 2 rings (SSSR count). The lowest BCUT2D eigenvalue weighted by Crippen LogP contribution is -2.38. The van der Waals surface area contributed by atoms with Crippen molar-refractivity contribution in [3.05, 3.63) is 51.5 Å². The highest BCUT2D eigenvalue weighted by Gasteiger charge is 2.11. The number of benzene rings is 1. The SMILES string of the molecule is CCNC(=NCc1csc(CC)n1)NC(C)c1ccc(F)c(F)c1. The molecule has 0 bridgehead atoms. The molecule has 1 aromatic carbocycles. The Morgan fingerprint density at radius 2 is 2.08 bits per heavy atom. The Bertz CT molecular complexity index is 700. The molecule has 0 fully saturated rings. The van der Waals surface area contributed by atoms with E-state index in [-0.39, 0.29) is 6.04 Å². The van der Waals surface area contributed by atoms with Gasteiger partial charge < -0.3 is 10.6 Å². The number of hydrogen-bond acceptors (Lipinski definition) is 3. The summed E-state index contributed by atoms with van der Waals surface area (Å²) in [6.45, 7) is 7.08. The third-order valence-corrected chi connectivity index (χ3v) is 4.48. The van der Waals surface area contributed by atoms with E-state index in [1.165, 1.54) is 6.07 Å². The zero-order valence-electron chi connectivity index (χ0n) is 14.1. The summed E-state index contributed by atoms with van der Waals surface area (Å²) in [5, 5.41) is 9.44. The predicted molar refractivity (Wildman–Crippen MR) is 94.2 cm³/mol. The van der Waals surface area contributed by atoms with Crippen molar-refractivity contribution in [1.29, 1.82) is 0 Å². The molecular formula is C17H22F2N4S. The largest absolute Gasteiger partial charge is 0.357 e. The highest BCUT2D eigenvalue weighted by molar-refractivity contribution is 7.09. The second-order valence-corrected chi connectivity index (χ2v) is 6.26. The maximum absolute atomic E-state index is 13.4. The molecule has 1 aromatic heterocycles. The van der Waals surface area contributed by atoms with Gasteiger partial charge in [-0.3, -0.25) is 0 Å². The minimum Gasteiger partial charge on any atom is -0.357 e. The van der Waals surface area contributed by atoms with Crippen LogP contribution in [0.5, 0.6) is 0 Å². The van der Waals surface area contributed by atoms with Crippen molar-refractivity contribution in [3.8, 4) is 0 Å². The number of guanidine groups is 1. The fraction of sp³-hybridized carbons (Fsp3) is 0.412. The van der Waals surface area contributed by atoms with E-state index in [2.05, 4.69) is 27.5 Å². The monoisotopic (exact) mass is 352 g/mol. The normalized spacial score (nSPS) is 13.0. The van der Waals surface area contributed by atoms with Gasteiger partial charge in [0.25, 0.3) is 0 Å². The Balaban J connectivity index is 2.05. The van der Waals surface area contributed by atoms with Crippen molar-refractivity contribution in [2.75, 3.05) is 6.54 Å². The van der Waals surface area contributed by atoms with Gasteiger partial charge in [-0.05, 0) is 38.0 Å². The van der Waals surface area contributed by atoms with Gasteiger partial charge in [0, 0.05) is 11.9 Å². The summed E-state index contributed by atoms with van der Waals surface area (Å²) in [5.41, 5.74) is 1.58. The van der Waals surface area contributed by atoms with Crippen LogP contribution in [0.1, 0.15) is 43.1 Å². The van der Waals surface area contributed by atoms with Crippen molar-refractivity contribution in [2.45, 2.75) is 39.8 Å². The number of halogens is 2. The van der Waals surface area contributed by atoms with Gasteiger partial charge in [0.15, 0.2) is 17.6 Å². The standard InChI is InChI=1S/C17H22F2N4S/c1-4-16-23-13(10-24-16)9-21-17(20-5-2)22-11(3)12-6-7-14(18)15(19)8-12/h6-8,10-11H,4-5,9H2,1-3H3,(H2,20,21,22). The maximum Gasteiger partial charge on any atom is 0.192 e. The lowest BCUT2D eigenvalue weighted by molar-refractivity contribution is 0.504. The van der Waals surface area contributed by atoms with Crippen LogP contribution in [0, 0.1) is 11.6 Å². The average molecular weight is 352 g/mol. The van der Waals surface area contributed by atoms with Gasteiger partial charge in [-0.15, -0.1) is 11.3 Å². The van der Waals surface area contributed by atoms with Crippen LogP contribution in [0.25, 0.3) is 0 Å². The molecule has 1 heterocycles. The van der Waals surface area contributed by atoms with Crippen LogP contribution in [0.4, 0.5) is 8.78 Å². The second kappa shape index (κ2) is 8.73. The number of aryl methyl sites for hydroxylation is 1. The minimum atomic E-state index is -0.849. The summed E-state index contributed by atoms with van der Waals surface area (Å²) in [6.07, 6.45) is 0.917. The van der Waals surface area contributed by atoms with E-state index in [0.717, 1.165) is 23.2 Å². The van der Waals surface area contributed by atoms with Crippen molar-refractivity contribution < 1.29 is 8.78 Å². The predicted octanol–water partition coefficient (Wildman–Crippen LogP) is 3.80. The van der Waals surface area contributed by atoms with Gasteiger partial charge in [-0.25, -0.2) is 18.8 Å². The fourth-order valence-electron chi connectivity index (χ4n) is 2.13. The summed E-state index contributed by atoms with van der Waals surface area (Å²) in [6, 6.07) is 3.69. The summed E-state index contributed by atoms with van der Waals surface area (Å²) < 4.78 is 26.4. The summed E-state index contributed by atoms with van der Waals surface area (Å²) >= 11 is 1.63. The Labute approximate surface area is 145 Å². The molecule has 0 aliphatic rings. The van der Waals surface area contributed by atoms with Crippen LogP contribution in [0.15, 0.2) is 28.6 Å². The van der Waals surface area contributed by atoms with E-state index in [1.54, 1.807) is 17.4 Å². The first-order chi connectivity index (χ1) is 11.5. The Morgan fingerprint density at radius 1 is 1.29 bits per heavy atom. The van der Waals surface area contributed by atoms with E-state index in [4.69, 9.17) is 0 Å². The zero-order chi connectivity index (χ0) is 17.5. The quantitative estimate of drug-likeness (QED) is 0.614. The minimum absolute atomic E-state index is 0.209. The Kier molecular flexibility index (Phi) is 6.66. The number of rotatable bonds is 6. The van der Waals surface area contributed by atoms with Gasteiger partial charge >= 0.3 is 0 Å². The van der Waals surface area contributed by atoms with E-state index >= 15 is 0 Å². The third kappa shape index (κ3) is 4.99. The highest BCUT2D eigenvalue weighted by Crippen LogP contribution is 2.16. The molecule has 0 aliphatic carbocycles. The van der Waals surface area contributed by atoms with E-state index in [0.29, 0.717) is 24.6 Å². The summed E-state index contributed by atoms with van der Waals surface area (Å²) in [4.78, 5) is 8.99. The third-order valence-electron chi connectivity index (χ3n) is 3.44. The molecule has 0 saturated heterocycles. The molecule has 0 aliphatic heterocycles. The van der Waals surface area contributed by atoms with Crippen LogP contribution >= 0.6 is 11.3 Å². The van der Waals surface area contributed by atoms with E-state index in [9.17, 15) is 8.78 Å². The number of aromatic nitrogens is 1. The van der Waals surface area contributed by atoms with Crippen LogP contribution in [-0.2, 0) is 13.0 Å². The first-order valence-electron chi connectivity index (χ1n) is 7.96. The molecule has 1 unspecified atom stereocenters. The van der Waals surface area contributed by atoms with E-state index < -0.39 is 11.6 Å². The molecule has 24 heavy (non-hydrogen) atoms. The van der Waals surface area contributed by atoms with Crippen molar-refractivity contribution in [1.82, 2.24) is 15.6 Å². The van der Waals surface area contributed by atoms with Gasteiger partial charge in [-0.1, -0.05) is 13.0 Å². The molecule has 0 saturated carbocycles. The average Bonchev–Trinajstić information content (AvgIpc) is 3.03. The molecule has 7 heteroatoms. The van der Waals surface area contributed by atoms with Crippen LogP contribution in [0.2, 0.25) is 0 Å². The van der Waals surface area contributed by atoms with Gasteiger partial charge in [0.2, 0.25) is 0 Å². The summed E-state index contributed by atoms with van der Waals surface area (Å²) in [7, 11) is 0. The molecule has 0 amide bonds. The van der Waals surface area contributed by atoms with Gasteiger partial charge in [0.1, 0.15) is 0 Å². The Hall–Kier alpha value is -2.02. The smallest absolute Gasteiger partial charge is 0.192 e. The van der Waals surface area contributed by atoms with Crippen molar-refractivity contribution in [3.63, 3.8) is 0 Å². The maximum atomic E-state index is 13.4. The molecular weight excluding hydrogens is 330 g/mol. The molecule has 0 spiro atoms. The molecule has 4 nitrogen and oxygen atoms in total. The number of nitrogens with one attached hydrogen (secondary N) is 2. The highest BCUT2D eigenvalue weighted by atomic mass is 32.1. The lowest BCUT2D eigenvalue weighted by Gasteiger charge is -2.18.